The zero-order valence-corrected chi connectivity index (χ0v) is 19.2. The van der Waals surface area contributed by atoms with Crippen LogP contribution in [0.3, 0.4) is 0 Å². The second-order valence-corrected chi connectivity index (χ2v) is 10.0. The second-order valence-electron chi connectivity index (χ2n) is 8.10. The number of hydrogen-bond acceptors (Lipinski definition) is 5. The monoisotopic (exact) mass is 442 g/mol. The van der Waals surface area contributed by atoms with Gasteiger partial charge in [0, 0.05) is 26.2 Å². The lowest BCUT2D eigenvalue weighted by Crippen LogP contribution is -2.40. The minimum Gasteiger partial charge on any atom is -0.379 e. The molecule has 1 fully saturated rings. The number of hydrogen-bond donors (Lipinski definition) is 0. The maximum Gasteiger partial charge on any atom is 0.243 e. The smallest absolute Gasteiger partial charge is 0.243 e. The number of fused-ring (bicyclic) bond motifs is 1. The van der Waals surface area contributed by atoms with Gasteiger partial charge in [0.1, 0.15) is 5.82 Å². The molecule has 1 aliphatic heterocycles. The van der Waals surface area contributed by atoms with Gasteiger partial charge in [-0.2, -0.15) is 4.31 Å². The largest absolute Gasteiger partial charge is 0.379 e. The summed E-state index contributed by atoms with van der Waals surface area (Å²) in [7, 11) is -1.46. The Morgan fingerprint density at radius 1 is 1.06 bits per heavy atom. The van der Waals surface area contributed by atoms with Crippen molar-refractivity contribution >= 4 is 21.1 Å². The maximum atomic E-state index is 13.0. The molecular formula is C23H30N4O3S. The molecule has 0 bridgehead atoms. The van der Waals surface area contributed by atoms with E-state index in [1.54, 1.807) is 12.1 Å². The third-order valence-corrected chi connectivity index (χ3v) is 7.60. The van der Waals surface area contributed by atoms with Crippen molar-refractivity contribution in [3.8, 4) is 0 Å². The molecule has 0 amide bonds. The highest BCUT2D eigenvalue weighted by molar-refractivity contribution is 7.89. The minimum absolute atomic E-state index is 0.294. The van der Waals surface area contributed by atoms with Gasteiger partial charge in [-0.05, 0) is 44.7 Å². The molecule has 8 heteroatoms. The van der Waals surface area contributed by atoms with E-state index in [-0.39, 0.29) is 0 Å². The van der Waals surface area contributed by atoms with Crippen molar-refractivity contribution in [3.63, 3.8) is 0 Å². The Balaban J connectivity index is 1.58. The Labute approximate surface area is 184 Å². The van der Waals surface area contributed by atoms with Gasteiger partial charge in [0.15, 0.2) is 0 Å². The van der Waals surface area contributed by atoms with Crippen LogP contribution in [0, 0.1) is 6.92 Å². The summed E-state index contributed by atoms with van der Waals surface area (Å²) in [5.74, 6) is 0.938. The van der Waals surface area contributed by atoms with E-state index in [0.717, 1.165) is 29.9 Å². The first kappa shape index (κ1) is 22.0. The molecule has 2 heterocycles. The quantitative estimate of drug-likeness (QED) is 0.563. The number of imidazole rings is 1. The highest BCUT2D eigenvalue weighted by Gasteiger charge is 2.27. The predicted molar refractivity (Wildman–Crippen MR) is 121 cm³/mol. The van der Waals surface area contributed by atoms with Crippen molar-refractivity contribution in [2.75, 3.05) is 33.4 Å². The molecule has 0 N–H and O–H groups in total. The Hall–Kier alpha value is -2.26. The Kier molecular flexibility index (Phi) is 6.43. The second kappa shape index (κ2) is 9.08. The lowest BCUT2D eigenvalue weighted by Gasteiger charge is -2.26. The van der Waals surface area contributed by atoms with Gasteiger partial charge in [0.2, 0.25) is 10.0 Å². The number of sulfonamides is 1. The number of rotatable bonds is 7. The molecule has 2 aromatic carbocycles. The van der Waals surface area contributed by atoms with Gasteiger partial charge in [-0.3, -0.25) is 4.90 Å². The molecule has 1 aliphatic rings. The van der Waals surface area contributed by atoms with Crippen LogP contribution >= 0.6 is 0 Å². The summed E-state index contributed by atoms with van der Waals surface area (Å²) in [6.07, 6.45) is 0. The fourth-order valence-electron chi connectivity index (χ4n) is 4.03. The number of aryl methyl sites for hydroxylation is 2. The van der Waals surface area contributed by atoms with Crippen LogP contribution in [0.1, 0.15) is 23.9 Å². The SMILES string of the molecule is CCn1c(CN(C)Cc2ccc(C)cc2)nc2cc(S(=O)(=O)N3CCOCC3)ccc21. The van der Waals surface area contributed by atoms with Crippen molar-refractivity contribution < 1.29 is 13.2 Å². The zero-order valence-electron chi connectivity index (χ0n) is 18.4. The van der Waals surface area contributed by atoms with E-state index < -0.39 is 10.0 Å². The molecule has 1 saturated heterocycles. The zero-order chi connectivity index (χ0) is 22.0. The lowest BCUT2D eigenvalue weighted by atomic mass is 10.1. The molecule has 0 saturated carbocycles. The number of benzene rings is 2. The summed E-state index contributed by atoms with van der Waals surface area (Å²) >= 11 is 0. The molecular weight excluding hydrogens is 412 g/mol. The van der Waals surface area contributed by atoms with Gasteiger partial charge < -0.3 is 9.30 Å². The van der Waals surface area contributed by atoms with Crippen LogP contribution in [0.25, 0.3) is 11.0 Å². The molecule has 3 aromatic rings. The van der Waals surface area contributed by atoms with E-state index in [0.29, 0.717) is 37.7 Å². The van der Waals surface area contributed by atoms with E-state index in [2.05, 4.69) is 54.6 Å². The third-order valence-electron chi connectivity index (χ3n) is 5.71. The fraction of sp³-hybridized carbons (Fsp3) is 0.435. The molecule has 1 aromatic heterocycles. The Morgan fingerprint density at radius 3 is 2.45 bits per heavy atom. The van der Waals surface area contributed by atoms with Crippen LogP contribution in [0.5, 0.6) is 0 Å². The van der Waals surface area contributed by atoms with Crippen molar-refractivity contribution in [3.05, 3.63) is 59.4 Å². The number of morpholine rings is 1. The van der Waals surface area contributed by atoms with Crippen molar-refractivity contribution in [1.82, 2.24) is 18.8 Å². The van der Waals surface area contributed by atoms with E-state index in [1.165, 1.54) is 15.4 Å². The third kappa shape index (κ3) is 4.67. The summed E-state index contributed by atoms with van der Waals surface area (Å²) < 4.78 is 35.0. The first-order chi connectivity index (χ1) is 14.9. The van der Waals surface area contributed by atoms with Gasteiger partial charge >= 0.3 is 0 Å². The minimum atomic E-state index is -3.54. The van der Waals surface area contributed by atoms with E-state index in [4.69, 9.17) is 9.72 Å². The summed E-state index contributed by atoms with van der Waals surface area (Å²) in [5.41, 5.74) is 4.19. The van der Waals surface area contributed by atoms with Gasteiger partial charge in [-0.1, -0.05) is 29.8 Å². The van der Waals surface area contributed by atoms with E-state index >= 15 is 0 Å². The van der Waals surface area contributed by atoms with Crippen molar-refractivity contribution in [2.45, 2.75) is 38.4 Å². The van der Waals surface area contributed by atoms with E-state index in [9.17, 15) is 8.42 Å². The van der Waals surface area contributed by atoms with Crippen LogP contribution in [-0.2, 0) is 34.4 Å². The lowest BCUT2D eigenvalue weighted by molar-refractivity contribution is 0.0730. The van der Waals surface area contributed by atoms with Crippen LogP contribution in [0.4, 0.5) is 0 Å². The van der Waals surface area contributed by atoms with Gasteiger partial charge in [0.05, 0.1) is 35.7 Å². The van der Waals surface area contributed by atoms with Gasteiger partial charge in [-0.25, -0.2) is 13.4 Å². The van der Waals surface area contributed by atoms with Crippen molar-refractivity contribution in [2.24, 2.45) is 0 Å². The summed E-state index contributed by atoms with van der Waals surface area (Å²) in [6.45, 7) is 8.10. The standard InChI is InChI=1S/C23H30N4O3S/c1-4-27-22-10-9-20(31(28,29)26-11-13-30-14-12-26)15-21(22)24-23(27)17-25(3)16-19-7-5-18(2)6-8-19/h5-10,15H,4,11-14,16-17H2,1-3H3. The van der Waals surface area contributed by atoms with Crippen LogP contribution in [0.2, 0.25) is 0 Å². The Bertz CT molecular complexity index is 1150. The topological polar surface area (TPSA) is 67.7 Å². The molecule has 0 aliphatic carbocycles. The summed E-state index contributed by atoms with van der Waals surface area (Å²) in [4.78, 5) is 7.33. The van der Waals surface area contributed by atoms with Crippen LogP contribution in [0.15, 0.2) is 47.4 Å². The molecule has 0 spiro atoms. The van der Waals surface area contributed by atoms with Crippen molar-refractivity contribution in [1.29, 1.82) is 0 Å². The molecule has 7 nitrogen and oxygen atoms in total. The summed E-state index contributed by atoms with van der Waals surface area (Å²) in [6, 6.07) is 13.8. The predicted octanol–water partition coefficient (Wildman–Crippen LogP) is 3.02. The van der Waals surface area contributed by atoms with Gasteiger partial charge in [-0.15, -0.1) is 0 Å². The number of nitrogens with zero attached hydrogens (tertiary/aromatic N) is 4. The highest BCUT2D eigenvalue weighted by atomic mass is 32.2. The highest BCUT2D eigenvalue weighted by Crippen LogP contribution is 2.24. The summed E-state index contributed by atoms with van der Waals surface area (Å²) in [5, 5.41) is 0. The first-order valence-corrected chi connectivity index (χ1v) is 12.1. The molecule has 0 atom stereocenters. The molecule has 4 rings (SSSR count). The van der Waals surface area contributed by atoms with Crippen LogP contribution < -0.4 is 0 Å². The molecule has 0 radical (unpaired) electrons. The number of ether oxygens (including phenoxy) is 1. The number of aromatic nitrogens is 2. The molecule has 0 unspecified atom stereocenters. The first-order valence-electron chi connectivity index (χ1n) is 10.7. The molecule has 166 valence electrons. The van der Waals surface area contributed by atoms with Gasteiger partial charge in [0.25, 0.3) is 0 Å². The Morgan fingerprint density at radius 2 is 1.77 bits per heavy atom. The average Bonchev–Trinajstić information content (AvgIpc) is 3.11. The van der Waals surface area contributed by atoms with E-state index in [1.807, 2.05) is 6.07 Å². The van der Waals surface area contributed by atoms with Crippen LogP contribution in [-0.4, -0.2) is 60.5 Å². The fourth-order valence-corrected chi connectivity index (χ4v) is 5.46. The average molecular weight is 443 g/mol. The normalized spacial score (nSPS) is 15.7. The maximum absolute atomic E-state index is 13.0. The molecule has 31 heavy (non-hydrogen) atoms.